The van der Waals surface area contributed by atoms with Crippen molar-refractivity contribution in [3.05, 3.63) is 67.9 Å². The first-order valence-electron chi connectivity index (χ1n) is 5.59. The molecule has 0 radical (unpaired) electrons. The van der Waals surface area contributed by atoms with E-state index in [0.29, 0.717) is 15.6 Å². The average Bonchev–Trinajstić information content (AvgIpc) is 2.37. The Hall–Kier alpha value is -1.85. The van der Waals surface area contributed by atoms with Crippen LogP contribution in [0.4, 0.5) is 15.8 Å². The van der Waals surface area contributed by atoms with Crippen LogP contribution in [0, 0.1) is 15.9 Å². The normalized spacial score (nSPS) is 10.3. The first kappa shape index (κ1) is 14.6. The van der Waals surface area contributed by atoms with E-state index in [0.717, 1.165) is 18.2 Å². The summed E-state index contributed by atoms with van der Waals surface area (Å²) in [6, 6.07) is 8.20. The Bertz CT molecular complexity index is 645. The Morgan fingerprint density at radius 3 is 2.45 bits per heavy atom. The molecular formula is C13H9Cl2FN2O2. The summed E-state index contributed by atoms with van der Waals surface area (Å²) < 4.78 is 13.2. The average molecular weight is 315 g/mol. The van der Waals surface area contributed by atoms with Crippen molar-refractivity contribution < 1.29 is 9.31 Å². The molecule has 2 rings (SSSR count). The fourth-order valence-electron chi connectivity index (χ4n) is 1.69. The van der Waals surface area contributed by atoms with Crippen LogP contribution in [0.15, 0.2) is 36.4 Å². The minimum atomic E-state index is -0.587. The summed E-state index contributed by atoms with van der Waals surface area (Å²) in [5, 5.41) is 14.5. The number of nitro groups is 1. The van der Waals surface area contributed by atoms with E-state index in [9.17, 15) is 14.5 Å². The summed E-state index contributed by atoms with van der Waals surface area (Å²) in [4.78, 5) is 10.3. The van der Waals surface area contributed by atoms with E-state index >= 15 is 0 Å². The van der Waals surface area contributed by atoms with E-state index in [4.69, 9.17) is 23.2 Å². The van der Waals surface area contributed by atoms with Gasteiger partial charge in [-0.05, 0) is 18.2 Å². The van der Waals surface area contributed by atoms with Gasteiger partial charge in [-0.25, -0.2) is 4.39 Å². The van der Waals surface area contributed by atoms with Crippen LogP contribution in [0.2, 0.25) is 10.0 Å². The van der Waals surface area contributed by atoms with Gasteiger partial charge < -0.3 is 5.32 Å². The van der Waals surface area contributed by atoms with Crippen molar-refractivity contribution in [1.29, 1.82) is 0 Å². The molecule has 2 aromatic carbocycles. The molecule has 0 aliphatic heterocycles. The number of benzene rings is 2. The highest BCUT2D eigenvalue weighted by Gasteiger charge is 2.15. The number of halogens is 3. The summed E-state index contributed by atoms with van der Waals surface area (Å²) in [5.41, 5.74) is 0.454. The standard InChI is InChI=1S/C13H9Cl2FN2O2/c14-10-2-1-3-11(15)9(10)7-17-12-6-8(16)4-5-13(12)18(19)20/h1-6,17H,7H2. The molecule has 0 spiro atoms. The van der Waals surface area contributed by atoms with Gasteiger partial charge in [0, 0.05) is 34.3 Å². The van der Waals surface area contributed by atoms with Crippen molar-refractivity contribution in [2.24, 2.45) is 0 Å². The molecule has 0 aliphatic rings. The molecule has 0 aromatic heterocycles. The molecule has 0 aliphatic carbocycles. The summed E-state index contributed by atoms with van der Waals surface area (Å²) in [6.07, 6.45) is 0. The lowest BCUT2D eigenvalue weighted by molar-refractivity contribution is -0.384. The van der Waals surface area contributed by atoms with Gasteiger partial charge >= 0.3 is 0 Å². The van der Waals surface area contributed by atoms with Crippen molar-refractivity contribution in [3.8, 4) is 0 Å². The minimum Gasteiger partial charge on any atom is -0.375 e. The lowest BCUT2D eigenvalue weighted by Crippen LogP contribution is -2.04. The first-order valence-corrected chi connectivity index (χ1v) is 6.35. The summed E-state index contributed by atoms with van der Waals surface area (Å²) in [5.74, 6) is -0.566. The monoisotopic (exact) mass is 314 g/mol. The van der Waals surface area contributed by atoms with Crippen LogP contribution in [-0.2, 0) is 6.54 Å². The predicted molar refractivity (Wildman–Crippen MR) is 76.8 cm³/mol. The largest absolute Gasteiger partial charge is 0.375 e. The van der Waals surface area contributed by atoms with Crippen LogP contribution in [0.25, 0.3) is 0 Å². The third-order valence-electron chi connectivity index (χ3n) is 2.67. The van der Waals surface area contributed by atoms with Crippen LogP contribution in [-0.4, -0.2) is 4.92 Å². The van der Waals surface area contributed by atoms with Gasteiger partial charge in [0.25, 0.3) is 5.69 Å². The highest BCUT2D eigenvalue weighted by molar-refractivity contribution is 6.36. The topological polar surface area (TPSA) is 55.2 Å². The van der Waals surface area contributed by atoms with Gasteiger partial charge in [0.1, 0.15) is 11.5 Å². The van der Waals surface area contributed by atoms with E-state index in [1.54, 1.807) is 18.2 Å². The Kier molecular flexibility index (Phi) is 4.42. The molecule has 7 heteroatoms. The molecular weight excluding hydrogens is 306 g/mol. The Morgan fingerprint density at radius 1 is 1.20 bits per heavy atom. The number of nitrogens with one attached hydrogen (secondary N) is 1. The number of rotatable bonds is 4. The van der Waals surface area contributed by atoms with Crippen LogP contribution < -0.4 is 5.32 Å². The first-order chi connectivity index (χ1) is 9.49. The zero-order valence-corrected chi connectivity index (χ0v) is 11.6. The van der Waals surface area contributed by atoms with Gasteiger partial charge in [-0.3, -0.25) is 10.1 Å². The van der Waals surface area contributed by atoms with E-state index in [1.165, 1.54) is 0 Å². The molecule has 20 heavy (non-hydrogen) atoms. The molecule has 104 valence electrons. The number of hydrogen-bond acceptors (Lipinski definition) is 3. The van der Waals surface area contributed by atoms with Gasteiger partial charge in [-0.1, -0.05) is 29.3 Å². The van der Waals surface area contributed by atoms with Crippen molar-refractivity contribution >= 4 is 34.6 Å². The molecule has 0 saturated heterocycles. The molecule has 2 aromatic rings. The fourth-order valence-corrected chi connectivity index (χ4v) is 2.22. The molecule has 1 N–H and O–H groups in total. The second kappa shape index (κ2) is 6.07. The Labute approximate surface area is 124 Å². The van der Waals surface area contributed by atoms with Crippen LogP contribution >= 0.6 is 23.2 Å². The predicted octanol–water partition coefficient (Wildman–Crippen LogP) is 4.65. The quantitative estimate of drug-likeness (QED) is 0.660. The van der Waals surface area contributed by atoms with E-state index in [1.807, 2.05) is 0 Å². The van der Waals surface area contributed by atoms with Gasteiger partial charge in [-0.2, -0.15) is 0 Å². The van der Waals surface area contributed by atoms with Gasteiger partial charge in [0.05, 0.1) is 4.92 Å². The summed E-state index contributed by atoms with van der Waals surface area (Å²) in [7, 11) is 0. The van der Waals surface area contributed by atoms with Crippen LogP contribution in [0.3, 0.4) is 0 Å². The molecule has 0 amide bonds. The molecule has 0 fully saturated rings. The van der Waals surface area contributed by atoms with Crippen molar-refractivity contribution in [2.45, 2.75) is 6.54 Å². The van der Waals surface area contributed by atoms with E-state index in [2.05, 4.69) is 5.32 Å². The van der Waals surface area contributed by atoms with Gasteiger partial charge in [0.2, 0.25) is 0 Å². The van der Waals surface area contributed by atoms with Crippen LogP contribution in [0.1, 0.15) is 5.56 Å². The smallest absolute Gasteiger partial charge is 0.292 e. The van der Waals surface area contributed by atoms with E-state index < -0.39 is 10.7 Å². The number of hydrogen-bond donors (Lipinski definition) is 1. The van der Waals surface area contributed by atoms with Crippen molar-refractivity contribution in [2.75, 3.05) is 5.32 Å². The summed E-state index contributed by atoms with van der Waals surface area (Å²) in [6.45, 7) is 0.156. The molecule has 4 nitrogen and oxygen atoms in total. The molecule has 0 bridgehead atoms. The zero-order chi connectivity index (χ0) is 14.7. The maximum absolute atomic E-state index is 13.2. The Morgan fingerprint density at radius 2 is 1.85 bits per heavy atom. The van der Waals surface area contributed by atoms with Crippen molar-refractivity contribution in [3.63, 3.8) is 0 Å². The third kappa shape index (κ3) is 3.18. The molecule has 0 atom stereocenters. The lowest BCUT2D eigenvalue weighted by atomic mass is 10.2. The van der Waals surface area contributed by atoms with Gasteiger partial charge in [0.15, 0.2) is 0 Å². The summed E-state index contributed by atoms with van der Waals surface area (Å²) >= 11 is 12.0. The highest BCUT2D eigenvalue weighted by atomic mass is 35.5. The molecule has 0 unspecified atom stereocenters. The highest BCUT2D eigenvalue weighted by Crippen LogP contribution is 2.28. The van der Waals surface area contributed by atoms with Crippen molar-refractivity contribution in [1.82, 2.24) is 0 Å². The Balaban J connectivity index is 2.27. The molecule has 0 heterocycles. The van der Waals surface area contributed by atoms with Gasteiger partial charge in [-0.15, -0.1) is 0 Å². The number of nitro benzene ring substituents is 1. The maximum atomic E-state index is 13.2. The molecule has 0 saturated carbocycles. The lowest BCUT2D eigenvalue weighted by Gasteiger charge is -2.10. The second-order valence-electron chi connectivity index (χ2n) is 3.97. The SMILES string of the molecule is O=[N+]([O-])c1ccc(F)cc1NCc1c(Cl)cccc1Cl. The minimum absolute atomic E-state index is 0.0750. The second-order valence-corrected chi connectivity index (χ2v) is 4.79. The maximum Gasteiger partial charge on any atom is 0.292 e. The number of nitrogens with zero attached hydrogens (tertiary/aromatic N) is 1. The van der Waals surface area contributed by atoms with E-state index in [-0.39, 0.29) is 17.9 Å². The fraction of sp³-hybridized carbons (Fsp3) is 0.0769. The number of anilines is 1. The zero-order valence-electron chi connectivity index (χ0n) is 10.1. The third-order valence-corrected chi connectivity index (χ3v) is 3.38. The van der Waals surface area contributed by atoms with Crippen LogP contribution in [0.5, 0.6) is 0 Å².